The number of nitrogens with one attached hydrogen (secondary N) is 1. The van der Waals surface area contributed by atoms with Gasteiger partial charge in [-0.2, -0.15) is 13.2 Å². The SMILES string of the molecule is CC(O)C(NC(=O)c1ccc(C#Cc2ccc(C(F)(F)F)cc2)cc1)C(N)=O. The maximum Gasteiger partial charge on any atom is 0.416 e. The fourth-order valence-corrected chi connectivity index (χ4v) is 2.25. The van der Waals surface area contributed by atoms with Crippen LogP contribution in [0.15, 0.2) is 48.5 Å². The number of aliphatic hydroxyl groups excluding tert-OH is 1. The average Bonchev–Trinajstić information content (AvgIpc) is 2.63. The van der Waals surface area contributed by atoms with Gasteiger partial charge in [0.2, 0.25) is 5.91 Å². The topological polar surface area (TPSA) is 92.4 Å². The van der Waals surface area contributed by atoms with Gasteiger partial charge >= 0.3 is 6.18 Å². The molecule has 2 aromatic rings. The van der Waals surface area contributed by atoms with Gasteiger partial charge in [0.25, 0.3) is 5.91 Å². The quantitative estimate of drug-likeness (QED) is 0.698. The van der Waals surface area contributed by atoms with E-state index in [1.54, 1.807) is 12.1 Å². The molecule has 0 radical (unpaired) electrons. The summed E-state index contributed by atoms with van der Waals surface area (Å²) in [5.74, 6) is 4.07. The number of carbonyl (C=O) groups is 2. The molecule has 2 atom stereocenters. The summed E-state index contributed by atoms with van der Waals surface area (Å²) >= 11 is 0. The van der Waals surface area contributed by atoms with E-state index in [1.165, 1.54) is 31.2 Å². The molecule has 0 aliphatic rings. The predicted octanol–water partition coefficient (Wildman–Crippen LogP) is 2.07. The highest BCUT2D eigenvalue weighted by molar-refractivity contribution is 5.97. The Morgan fingerprint density at radius 2 is 1.46 bits per heavy atom. The van der Waals surface area contributed by atoms with Crippen molar-refractivity contribution in [2.45, 2.75) is 25.2 Å². The second kappa shape index (κ2) is 8.59. The normalized spacial score (nSPS) is 13.0. The van der Waals surface area contributed by atoms with E-state index in [0.29, 0.717) is 11.1 Å². The molecule has 0 spiro atoms. The van der Waals surface area contributed by atoms with E-state index in [9.17, 15) is 27.9 Å². The molecule has 0 aliphatic heterocycles. The number of halogens is 3. The van der Waals surface area contributed by atoms with Crippen LogP contribution in [0.25, 0.3) is 0 Å². The van der Waals surface area contributed by atoms with Gasteiger partial charge in [-0.15, -0.1) is 0 Å². The van der Waals surface area contributed by atoms with E-state index in [2.05, 4.69) is 17.2 Å². The highest BCUT2D eigenvalue weighted by Gasteiger charge is 2.29. The van der Waals surface area contributed by atoms with E-state index in [0.717, 1.165) is 12.1 Å². The van der Waals surface area contributed by atoms with Gasteiger partial charge in [-0.1, -0.05) is 11.8 Å². The first-order valence-electron chi connectivity index (χ1n) is 8.15. The second-order valence-corrected chi connectivity index (χ2v) is 6.00. The first-order valence-corrected chi connectivity index (χ1v) is 8.15. The Labute approximate surface area is 159 Å². The van der Waals surface area contributed by atoms with E-state index >= 15 is 0 Å². The lowest BCUT2D eigenvalue weighted by Crippen LogP contribution is -2.50. The molecule has 0 aromatic heterocycles. The lowest BCUT2D eigenvalue weighted by Gasteiger charge is -2.17. The molecule has 2 unspecified atom stereocenters. The Morgan fingerprint density at radius 1 is 1.00 bits per heavy atom. The Morgan fingerprint density at radius 3 is 1.86 bits per heavy atom. The van der Waals surface area contributed by atoms with Gasteiger partial charge in [0, 0.05) is 16.7 Å². The molecule has 0 aliphatic carbocycles. The molecule has 2 rings (SSSR count). The van der Waals surface area contributed by atoms with Crippen LogP contribution in [0.2, 0.25) is 0 Å². The van der Waals surface area contributed by atoms with Crippen molar-refractivity contribution < 1.29 is 27.9 Å². The van der Waals surface area contributed by atoms with Gasteiger partial charge in [0.05, 0.1) is 11.7 Å². The van der Waals surface area contributed by atoms with E-state index in [1.807, 2.05) is 0 Å². The van der Waals surface area contributed by atoms with Crippen LogP contribution in [-0.4, -0.2) is 29.1 Å². The summed E-state index contributed by atoms with van der Waals surface area (Å²) in [5, 5.41) is 11.8. The van der Waals surface area contributed by atoms with Crippen molar-refractivity contribution in [3.8, 4) is 11.8 Å². The van der Waals surface area contributed by atoms with Crippen molar-refractivity contribution >= 4 is 11.8 Å². The molecule has 0 heterocycles. The van der Waals surface area contributed by atoms with Crippen LogP contribution in [0.1, 0.15) is 34.0 Å². The zero-order chi connectivity index (χ0) is 20.9. The van der Waals surface area contributed by atoms with Gasteiger partial charge in [-0.25, -0.2) is 0 Å². The van der Waals surface area contributed by atoms with Crippen molar-refractivity contribution in [2.24, 2.45) is 5.73 Å². The summed E-state index contributed by atoms with van der Waals surface area (Å²) in [4.78, 5) is 23.3. The van der Waals surface area contributed by atoms with Gasteiger partial charge in [0.1, 0.15) is 6.04 Å². The molecular weight excluding hydrogens is 373 g/mol. The van der Waals surface area contributed by atoms with Crippen molar-refractivity contribution in [2.75, 3.05) is 0 Å². The van der Waals surface area contributed by atoms with Crippen LogP contribution in [0, 0.1) is 11.8 Å². The minimum Gasteiger partial charge on any atom is -0.391 e. The van der Waals surface area contributed by atoms with Gasteiger partial charge < -0.3 is 16.2 Å². The first-order chi connectivity index (χ1) is 13.1. The highest BCUT2D eigenvalue weighted by Crippen LogP contribution is 2.28. The minimum absolute atomic E-state index is 0.229. The Bertz CT molecular complexity index is 909. The van der Waals surface area contributed by atoms with E-state index in [4.69, 9.17) is 5.73 Å². The van der Waals surface area contributed by atoms with Crippen LogP contribution < -0.4 is 11.1 Å². The van der Waals surface area contributed by atoms with Crippen LogP contribution in [0.5, 0.6) is 0 Å². The van der Waals surface area contributed by atoms with Gasteiger partial charge in [-0.05, 0) is 55.5 Å². The fraction of sp³-hybridized carbons (Fsp3) is 0.200. The maximum absolute atomic E-state index is 12.5. The Balaban J connectivity index is 2.08. The number of carbonyl (C=O) groups excluding carboxylic acids is 2. The molecule has 0 fully saturated rings. The van der Waals surface area contributed by atoms with E-state index in [-0.39, 0.29) is 5.56 Å². The monoisotopic (exact) mass is 390 g/mol. The Hall–Kier alpha value is -3.31. The van der Waals surface area contributed by atoms with Gasteiger partial charge in [0.15, 0.2) is 0 Å². The molecule has 2 aromatic carbocycles. The number of hydrogen-bond acceptors (Lipinski definition) is 3. The van der Waals surface area contributed by atoms with Crippen LogP contribution >= 0.6 is 0 Å². The predicted molar refractivity (Wildman–Crippen MR) is 96.0 cm³/mol. The third-order valence-corrected chi connectivity index (χ3v) is 3.79. The standard InChI is InChI=1S/C20H17F3N2O3/c1-12(26)17(18(24)27)25-19(28)15-8-4-13(5-9-15)2-3-14-6-10-16(11-7-14)20(21,22)23/h4-12,17,26H,1H3,(H2,24,27)(H,25,28). The average molecular weight is 390 g/mol. The number of nitrogens with two attached hydrogens (primary N) is 1. The zero-order valence-corrected chi connectivity index (χ0v) is 14.7. The minimum atomic E-state index is -4.40. The number of hydrogen-bond donors (Lipinski definition) is 3. The van der Waals surface area contributed by atoms with Crippen molar-refractivity contribution in [1.82, 2.24) is 5.32 Å². The first kappa shape index (κ1) is 21.0. The van der Waals surface area contributed by atoms with Gasteiger partial charge in [-0.3, -0.25) is 9.59 Å². The highest BCUT2D eigenvalue weighted by atomic mass is 19.4. The summed E-state index contributed by atoms with van der Waals surface area (Å²) in [7, 11) is 0. The van der Waals surface area contributed by atoms with Crippen molar-refractivity contribution in [3.63, 3.8) is 0 Å². The second-order valence-electron chi connectivity index (χ2n) is 6.00. The van der Waals surface area contributed by atoms with Crippen LogP contribution in [0.4, 0.5) is 13.2 Å². The van der Waals surface area contributed by atoms with Crippen molar-refractivity contribution in [1.29, 1.82) is 0 Å². The lowest BCUT2D eigenvalue weighted by molar-refractivity contribution is -0.137. The molecule has 28 heavy (non-hydrogen) atoms. The molecule has 0 saturated carbocycles. The lowest BCUT2D eigenvalue weighted by atomic mass is 10.1. The number of amides is 2. The number of alkyl halides is 3. The number of rotatable bonds is 4. The molecule has 5 nitrogen and oxygen atoms in total. The third-order valence-electron chi connectivity index (χ3n) is 3.79. The molecule has 146 valence electrons. The van der Waals surface area contributed by atoms with E-state index < -0.39 is 35.7 Å². The van der Waals surface area contributed by atoms with Crippen LogP contribution in [0.3, 0.4) is 0 Å². The molecule has 0 saturated heterocycles. The molecule has 8 heteroatoms. The van der Waals surface area contributed by atoms with Crippen molar-refractivity contribution in [3.05, 3.63) is 70.8 Å². The third kappa shape index (κ3) is 5.59. The maximum atomic E-state index is 12.5. The summed E-state index contributed by atoms with van der Waals surface area (Å²) in [5.41, 5.74) is 5.55. The molecule has 4 N–H and O–H groups in total. The number of aliphatic hydroxyl groups is 1. The van der Waals surface area contributed by atoms with Crippen LogP contribution in [-0.2, 0) is 11.0 Å². The summed E-state index contributed by atoms with van der Waals surface area (Å²) in [6.07, 6.45) is -5.54. The molecule has 2 amide bonds. The summed E-state index contributed by atoms with van der Waals surface area (Å²) in [6, 6.07) is 9.27. The summed E-state index contributed by atoms with van der Waals surface area (Å²) < 4.78 is 37.6. The molecular formula is C20H17F3N2O3. The molecule has 0 bridgehead atoms. The summed E-state index contributed by atoms with van der Waals surface area (Å²) in [6.45, 7) is 1.33. The fourth-order valence-electron chi connectivity index (χ4n) is 2.25. The number of primary amides is 1. The largest absolute Gasteiger partial charge is 0.416 e. The smallest absolute Gasteiger partial charge is 0.391 e. The zero-order valence-electron chi connectivity index (χ0n) is 14.7. The number of benzene rings is 2. The Kier molecular flexibility index (Phi) is 6.44.